The molecule has 0 aromatic rings. The Morgan fingerprint density at radius 2 is 1.70 bits per heavy atom. The number of hydrogen-bond acceptors (Lipinski definition) is 2. The van der Waals surface area contributed by atoms with Gasteiger partial charge < -0.3 is 9.47 Å². The van der Waals surface area contributed by atoms with Gasteiger partial charge in [0.1, 0.15) is 0 Å². The molecule has 10 heavy (non-hydrogen) atoms. The fourth-order valence-electron chi connectivity index (χ4n) is 0.835. The summed E-state index contributed by atoms with van der Waals surface area (Å²) in [4.78, 5) is 0. The van der Waals surface area contributed by atoms with Gasteiger partial charge in [-0.05, 0) is 26.7 Å². The molecular formula is C8H16O2. The fraction of sp³-hybridized carbons (Fsp3) is 1.00. The molecule has 0 bridgehead atoms. The molecular weight excluding hydrogens is 128 g/mol. The monoisotopic (exact) mass is 144 g/mol. The van der Waals surface area contributed by atoms with Crippen molar-refractivity contribution in [2.24, 2.45) is 0 Å². The van der Waals surface area contributed by atoms with E-state index >= 15 is 0 Å². The van der Waals surface area contributed by atoms with Crippen LogP contribution in [0.2, 0.25) is 0 Å². The van der Waals surface area contributed by atoms with Gasteiger partial charge in [0.05, 0.1) is 18.8 Å². The second kappa shape index (κ2) is 3.94. The molecule has 0 amide bonds. The zero-order chi connectivity index (χ0) is 7.40. The van der Waals surface area contributed by atoms with Gasteiger partial charge in [0.25, 0.3) is 0 Å². The summed E-state index contributed by atoms with van der Waals surface area (Å²) in [5.74, 6) is 0. The molecule has 2 rings (SSSR count). The lowest BCUT2D eigenvalue weighted by molar-refractivity contribution is 0.125. The molecule has 2 aliphatic rings. The molecule has 2 atom stereocenters. The van der Waals surface area contributed by atoms with E-state index < -0.39 is 0 Å². The third-order valence-corrected chi connectivity index (χ3v) is 1.66. The lowest BCUT2D eigenvalue weighted by Crippen LogP contribution is -1.94. The van der Waals surface area contributed by atoms with E-state index in [2.05, 4.69) is 13.8 Å². The van der Waals surface area contributed by atoms with E-state index in [0.29, 0.717) is 12.2 Å². The van der Waals surface area contributed by atoms with Gasteiger partial charge in [-0.3, -0.25) is 0 Å². The Morgan fingerprint density at radius 1 is 1.10 bits per heavy atom. The van der Waals surface area contributed by atoms with Gasteiger partial charge in [-0.25, -0.2) is 0 Å². The zero-order valence-corrected chi connectivity index (χ0v) is 6.80. The third kappa shape index (κ3) is 3.85. The molecule has 0 N–H and O–H groups in total. The van der Waals surface area contributed by atoms with Crippen molar-refractivity contribution < 1.29 is 9.47 Å². The maximum atomic E-state index is 5.15. The van der Waals surface area contributed by atoms with Crippen LogP contribution in [0.4, 0.5) is 0 Å². The third-order valence-electron chi connectivity index (χ3n) is 1.66. The van der Waals surface area contributed by atoms with Gasteiger partial charge >= 0.3 is 0 Å². The average Bonchev–Trinajstić information content (AvgIpc) is 2.50. The molecule has 2 unspecified atom stereocenters. The normalized spacial score (nSPS) is 36.6. The van der Waals surface area contributed by atoms with E-state index in [-0.39, 0.29) is 0 Å². The molecule has 0 saturated carbocycles. The van der Waals surface area contributed by atoms with Gasteiger partial charge in [-0.15, -0.1) is 0 Å². The van der Waals surface area contributed by atoms with E-state index in [1.54, 1.807) is 0 Å². The van der Waals surface area contributed by atoms with Gasteiger partial charge in [0, 0.05) is 6.61 Å². The first kappa shape index (κ1) is 8.02. The van der Waals surface area contributed by atoms with Crippen molar-refractivity contribution in [1.82, 2.24) is 0 Å². The molecule has 2 nitrogen and oxygen atoms in total. The molecule has 0 radical (unpaired) electrons. The zero-order valence-electron chi connectivity index (χ0n) is 6.80. The second-order valence-electron chi connectivity index (χ2n) is 2.97. The summed E-state index contributed by atoms with van der Waals surface area (Å²) in [7, 11) is 0. The van der Waals surface area contributed by atoms with Gasteiger partial charge in [-0.2, -0.15) is 0 Å². The Hall–Kier alpha value is -0.0800. The minimum absolute atomic E-state index is 0.546. The molecule has 2 aliphatic heterocycles. The maximum Gasteiger partial charge on any atom is 0.0781 e. The topological polar surface area (TPSA) is 21.8 Å². The van der Waals surface area contributed by atoms with Crippen LogP contribution in [0.25, 0.3) is 0 Å². The predicted octanol–water partition coefficient (Wildman–Crippen LogP) is 1.59. The molecule has 0 aromatic heterocycles. The summed E-state index contributed by atoms with van der Waals surface area (Å²) < 4.78 is 9.86. The largest absolute Gasteiger partial charge is 0.379 e. The minimum Gasteiger partial charge on any atom is -0.379 e. The van der Waals surface area contributed by atoms with Crippen LogP contribution in [-0.4, -0.2) is 25.4 Å². The van der Waals surface area contributed by atoms with Crippen molar-refractivity contribution in [3.05, 3.63) is 0 Å². The molecule has 0 spiro atoms. The van der Waals surface area contributed by atoms with Crippen LogP contribution in [0.1, 0.15) is 26.7 Å². The maximum absolute atomic E-state index is 5.15. The summed E-state index contributed by atoms with van der Waals surface area (Å²) in [5.41, 5.74) is 0. The van der Waals surface area contributed by atoms with Gasteiger partial charge in [-0.1, -0.05) is 0 Å². The highest BCUT2D eigenvalue weighted by Gasteiger charge is 2.13. The van der Waals surface area contributed by atoms with Crippen molar-refractivity contribution >= 4 is 0 Å². The first-order chi connectivity index (χ1) is 4.79. The first-order valence-corrected chi connectivity index (χ1v) is 4.02. The number of hydrogen-bond donors (Lipinski definition) is 0. The highest BCUT2D eigenvalue weighted by atomic mass is 16.6. The van der Waals surface area contributed by atoms with Crippen molar-refractivity contribution in [3.63, 3.8) is 0 Å². The van der Waals surface area contributed by atoms with E-state index in [1.807, 2.05) is 0 Å². The SMILES string of the molecule is CC1CCCO1.CC1CO1. The van der Waals surface area contributed by atoms with Crippen LogP contribution >= 0.6 is 0 Å². The van der Waals surface area contributed by atoms with E-state index in [9.17, 15) is 0 Å². The fourth-order valence-corrected chi connectivity index (χ4v) is 0.835. The average molecular weight is 144 g/mol. The smallest absolute Gasteiger partial charge is 0.0781 e. The van der Waals surface area contributed by atoms with Crippen molar-refractivity contribution in [1.29, 1.82) is 0 Å². The number of epoxide rings is 1. The van der Waals surface area contributed by atoms with Gasteiger partial charge in [0.15, 0.2) is 0 Å². The van der Waals surface area contributed by atoms with Crippen LogP contribution in [0.15, 0.2) is 0 Å². The summed E-state index contributed by atoms with van der Waals surface area (Å²) in [6.45, 7) is 6.15. The quantitative estimate of drug-likeness (QED) is 0.481. The van der Waals surface area contributed by atoms with E-state index in [4.69, 9.17) is 9.47 Å². The van der Waals surface area contributed by atoms with Crippen molar-refractivity contribution in [2.75, 3.05) is 13.2 Å². The minimum atomic E-state index is 0.546. The Labute approximate surface area is 62.5 Å². The summed E-state index contributed by atoms with van der Waals surface area (Å²) in [5, 5.41) is 0. The van der Waals surface area contributed by atoms with Crippen LogP contribution in [0.5, 0.6) is 0 Å². The lowest BCUT2D eigenvalue weighted by atomic mass is 10.3. The van der Waals surface area contributed by atoms with E-state index in [0.717, 1.165) is 13.2 Å². The summed E-state index contributed by atoms with van der Waals surface area (Å²) in [6.07, 6.45) is 3.66. The van der Waals surface area contributed by atoms with Crippen molar-refractivity contribution in [2.45, 2.75) is 38.9 Å². The second-order valence-corrected chi connectivity index (χ2v) is 2.97. The van der Waals surface area contributed by atoms with Crippen LogP contribution < -0.4 is 0 Å². The predicted molar refractivity (Wildman–Crippen MR) is 40.1 cm³/mol. The Bertz CT molecular complexity index is 83.3. The van der Waals surface area contributed by atoms with E-state index in [1.165, 1.54) is 12.8 Å². The van der Waals surface area contributed by atoms with Crippen LogP contribution in [0, 0.1) is 0 Å². The lowest BCUT2D eigenvalue weighted by Gasteiger charge is -1.94. The van der Waals surface area contributed by atoms with Gasteiger partial charge in [0.2, 0.25) is 0 Å². The number of rotatable bonds is 0. The Morgan fingerprint density at radius 3 is 1.80 bits per heavy atom. The summed E-state index contributed by atoms with van der Waals surface area (Å²) >= 11 is 0. The molecule has 2 heterocycles. The Kier molecular flexibility index (Phi) is 3.16. The van der Waals surface area contributed by atoms with Crippen LogP contribution in [-0.2, 0) is 9.47 Å². The Balaban J connectivity index is 0.000000108. The van der Waals surface area contributed by atoms with Crippen molar-refractivity contribution in [3.8, 4) is 0 Å². The highest BCUT2D eigenvalue weighted by molar-refractivity contribution is 4.58. The summed E-state index contributed by atoms with van der Waals surface area (Å²) in [6, 6.07) is 0. The standard InChI is InChI=1S/C5H10O.C3H6O/c1-5-3-2-4-6-5;1-3-2-4-3/h5H,2-4H2,1H3;3H,2H2,1H3. The highest BCUT2D eigenvalue weighted by Crippen LogP contribution is 2.09. The molecule has 0 aliphatic carbocycles. The molecule has 2 heteroatoms. The number of ether oxygens (including phenoxy) is 2. The first-order valence-electron chi connectivity index (χ1n) is 4.02. The molecule has 2 saturated heterocycles. The molecule has 60 valence electrons. The molecule has 0 aromatic carbocycles. The van der Waals surface area contributed by atoms with Crippen LogP contribution in [0.3, 0.4) is 0 Å². The molecule has 2 fully saturated rings.